The van der Waals surface area contributed by atoms with E-state index in [1.165, 1.54) is 24.3 Å². The maximum atomic E-state index is 13.1. The molecule has 3 aromatic heterocycles. The fourth-order valence-electron chi connectivity index (χ4n) is 3.84. The summed E-state index contributed by atoms with van der Waals surface area (Å²) >= 11 is 0. The van der Waals surface area contributed by atoms with Crippen LogP contribution in [0.1, 0.15) is 17.4 Å². The average molecular weight is 450 g/mol. The molecule has 5 rings (SSSR count). The third-order valence-electron chi connectivity index (χ3n) is 5.63. The number of aromatic amines is 1. The summed E-state index contributed by atoms with van der Waals surface area (Å²) in [5, 5.41) is 25.4. The Morgan fingerprint density at radius 1 is 1.18 bits per heavy atom. The number of aliphatic hydroxyl groups is 1. The van der Waals surface area contributed by atoms with Crippen molar-refractivity contribution in [2.75, 3.05) is 36.4 Å². The van der Waals surface area contributed by atoms with E-state index in [-0.39, 0.29) is 0 Å². The number of rotatable bonds is 5. The van der Waals surface area contributed by atoms with Crippen LogP contribution >= 0.6 is 0 Å². The van der Waals surface area contributed by atoms with Crippen molar-refractivity contribution in [1.29, 1.82) is 0 Å². The third-order valence-corrected chi connectivity index (χ3v) is 5.63. The molecule has 1 fully saturated rings. The van der Waals surface area contributed by atoms with Crippen molar-refractivity contribution in [2.24, 2.45) is 0 Å². The molecule has 1 saturated heterocycles. The van der Waals surface area contributed by atoms with Crippen LogP contribution in [0.15, 0.2) is 48.7 Å². The lowest BCUT2D eigenvalue weighted by atomic mass is 10.1. The molecule has 33 heavy (non-hydrogen) atoms. The maximum Gasteiger partial charge on any atom is 0.256 e. The van der Waals surface area contributed by atoms with E-state index in [0.717, 1.165) is 11.2 Å². The smallest absolute Gasteiger partial charge is 0.256 e. The van der Waals surface area contributed by atoms with E-state index >= 15 is 0 Å². The van der Waals surface area contributed by atoms with Crippen LogP contribution in [0.5, 0.6) is 0 Å². The number of hydrogen-bond acceptors (Lipinski definition) is 7. The zero-order valence-electron chi connectivity index (χ0n) is 17.9. The second-order valence-electron chi connectivity index (χ2n) is 7.93. The van der Waals surface area contributed by atoms with Gasteiger partial charge in [-0.15, -0.1) is 5.10 Å². The highest BCUT2D eigenvalue weighted by Gasteiger charge is 2.28. The summed E-state index contributed by atoms with van der Waals surface area (Å²) in [5.41, 5.74) is 2.12. The fourth-order valence-corrected chi connectivity index (χ4v) is 3.84. The number of carbonyl (C=O) groups is 1. The number of nitrogens with one attached hydrogen (secondary N) is 2. The summed E-state index contributed by atoms with van der Waals surface area (Å²) in [4.78, 5) is 21.0. The normalized spacial score (nSPS) is 15.1. The van der Waals surface area contributed by atoms with Crippen molar-refractivity contribution < 1.29 is 14.3 Å². The molecule has 4 heterocycles. The summed E-state index contributed by atoms with van der Waals surface area (Å²) < 4.78 is 14.9. The first-order valence-electron chi connectivity index (χ1n) is 10.6. The number of hydrogen-bond donors (Lipinski definition) is 3. The Bertz CT molecular complexity index is 1280. The molecule has 0 bridgehead atoms. The van der Waals surface area contributed by atoms with Gasteiger partial charge in [0.05, 0.1) is 0 Å². The highest BCUT2D eigenvalue weighted by atomic mass is 19.1. The maximum absolute atomic E-state index is 13.1. The second kappa shape index (κ2) is 8.51. The molecule has 1 unspecified atom stereocenters. The molecule has 1 aromatic carbocycles. The van der Waals surface area contributed by atoms with Gasteiger partial charge in [-0.2, -0.15) is 10.1 Å². The SMILES string of the molecule is Cc1cc(Nc2nc(N3CCN(C(=O)C(O)c4ccc(F)cc4)CC3)nn3cccc23)n[nH]1. The molecule has 170 valence electrons. The van der Waals surface area contributed by atoms with Gasteiger partial charge in [0.1, 0.15) is 11.3 Å². The third kappa shape index (κ3) is 4.22. The number of amides is 1. The summed E-state index contributed by atoms with van der Waals surface area (Å²) in [6.45, 7) is 3.76. The van der Waals surface area contributed by atoms with Gasteiger partial charge < -0.3 is 20.2 Å². The average Bonchev–Trinajstić information content (AvgIpc) is 3.47. The van der Waals surface area contributed by atoms with E-state index < -0.39 is 17.8 Å². The van der Waals surface area contributed by atoms with Crippen LogP contribution < -0.4 is 10.2 Å². The Balaban J connectivity index is 1.30. The Morgan fingerprint density at radius 2 is 1.94 bits per heavy atom. The molecule has 1 aliphatic heterocycles. The minimum atomic E-state index is -1.32. The lowest BCUT2D eigenvalue weighted by Gasteiger charge is -2.35. The van der Waals surface area contributed by atoms with E-state index in [4.69, 9.17) is 4.98 Å². The van der Waals surface area contributed by atoms with E-state index in [2.05, 4.69) is 20.6 Å². The predicted octanol–water partition coefficient (Wildman–Crippen LogP) is 2.03. The number of aryl methyl sites for hydroxylation is 1. The fraction of sp³-hybridized carbons (Fsp3) is 0.273. The van der Waals surface area contributed by atoms with E-state index in [0.29, 0.717) is 49.3 Å². The van der Waals surface area contributed by atoms with Crippen molar-refractivity contribution in [1.82, 2.24) is 29.7 Å². The van der Waals surface area contributed by atoms with E-state index in [1.807, 2.05) is 36.2 Å². The number of aromatic nitrogens is 5. The number of halogens is 1. The first-order chi connectivity index (χ1) is 16.0. The molecule has 4 aromatic rings. The second-order valence-corrected chi connectivity index (χ2v) is 7.93. The zero-order chi connectivity index (χ0) is 22.9. The van der Waals surface area contributed by atoms with Crippen LogP contribution in [-0.2, 0) is 4.79 Å². The molecule has 11 heteroatoms. The van der Waals surface area contributed by atoms with Gasteiger partial charge in [0, 0.05) is 44.1 Å². The Kier molecular flexibility index (Phi) is 5.38. The van der Waals surface area contributed by atoms with Crippen LogP contribution in [0, 0.1) is 12.7 Å². The van der Waals surface area contributed by atoms with Gasteiger partial charge in [-0.1, -0.05) is 12.1 Å². The summed E-state index contributed by atoms with van der Waals surface area (Å²) in [7, 11) is 0. The van der Waals surface area contributed by atoms with E-state index in [9.17, 15) is 14.3 Å². The van der Waals surface area contributed by atoms with Gasteiger partial charge in [0.15, 0.2) is 17.7 Å². The highest BCUT2D eigenvalue weighted by Crippen LogP contribution is 2.23. The van der Waals surface area contributed by atoms with Crippen LogP contribution in [0.3, 0.4) is 0 Å². The standard InChI is InChI=1S/C22H23FN8O2/c1-14-13-18(27-26-14)24-20-17-3-2-8-31(17)28-22(25-20)30-11-9-29(10-12-30)21(33)19(32)15-4-6-16(23)7-5-15/h2-8,13,19,32H,9-12H2,1H3,(H2,24,25,26,27,28). The van der Waals surface area contributed by atoms with Gasteiger partial charge in [-0.05, 0) is 36.8 Å². The van der Waals surface area contributed by atoms with Crippen LogP contribution in [0.4, 0.5) is 22.0 Å². The lowest BCUT2D eigenvalue weighted by Crippen LogP contribution is -2.50. The van der Waals surface area contributed by atoms with Crippen molar-refractivity contribution >= 4 is 29.0 Å². The van der Waals surface area contributed by atoms with Crippen molar-refractivity contribution in [3.05, 3.63) is 65.7 Å². The van der Waals surface area contributed by atoms with Gasteiger partial charge in [-0.25, -0.2) is 8.91 Å². The Morgan fingerprint density at radius 3 is 2.64 bits per heavy atom. The minimum absolute atomic E-state index is 0.370. The zero-order valence-corrected chi connectivity index (χ0v) is 17.9. The van der Waals surface area contributed by atoms with Gasteiger partial charge in [0.25, 0.3) is 5.91 Å². The first kappa shape index (κ1) is 20.9. The molecule has 0 radical (unpaired) electrons. The number of fused-ring (bicyclic) bond motifs is 1. The lowest BCUT2D eigenvalue weighted by molar-refractivity contribution is -0.140. The Labute approximate surface area is 188 Å². The predicted molar refractivity (Wildman–Crippen MR) is 120 cm³/mol. The van der Waals surface area contributed by atoms with Gasteiger partial charge >= 0.3 is 0 Å². The molecule has 0 aliphatic carbocycles. The van der Waals surface area contributed by atoms with Crippen LogP contribution in [0.2, 0.25) is 0 Å². The van der Waals surface area contributed by atoms with Gasteiger partial charge in [-0.3, -0.25) is 9.89 Å². The summed E-state index contributed by atoms with van der Waals surface area (Å²) in [5.74, 6) is 0.995. The largest absolute Gasteiger partial charge is 0.378 e. The molecule has 1 amide bonds. The number of aliphatic hydroxyl groups excluding tert-OH is 1. The molecular weight excluding hydrogens is 427 g/mol. The molecule has 3 N–H and O–H groups in total. The number of nitrogens with zero attached hydrogens (tertiary/aromatic N) is 6. The van der Waals surface area contributed by atoms with Gasteiger partial charge in [0.2, 0.25) is 5.95 Å². The molecule has 10 nitrogen and oxygen atoms in total. The minimum Gasteiger partial charge on any atom is -0.378 e. The quantitative estimate of drug-likeness (QED) is 0.426. The van der Waals surface area contributed by atoms with Crippen molar-refractivity contribution in [3.63, 3.8) is 0 Å². The van der Waals surface area contributed by atoms with Crippen LogP contribution in [0.25, 0.3) is 5.52 Å². The number of anilines is 3. The topological polar surface area (TPSA) is 115 Å². The molecule has 0 saturated carbocycles. The highest BCUT2D eigenvalue weighted by molar-refractivity contribution is 5.82. The number of piperazine rings is 1. The first-order valence-corrected chi connectivity index (χ1v) is 10.6. The Hall–Kier alpha value is -3.99. The van der Waals surface area contributed by atoms with Crippen LogP contribution in [-0.4, -0.2) is 66.9 Å². The number of H-pyrrole nitrogens is 1. The molecule has 1 aliphatic rings. The van der Waals surface area contributed by atoms with E-state index in [1.54, 1.807) is 9.42 Å². The molecular formula is C22H23FN8O2. The number of benzene rings is 1. The molecule has 0 spiro atoms. The summed E-state index contributed by atoms with van der Waals surface area (Å²) in [6.07, 6.45) is 0.526. The summed E-state index contributed by atoms with van der Waals surface area (Å²) in [6, 6.07) is 11.0. The van der Waals surface area contributed by atoms with Crippen molar-refractivity contribution in [3.8, 4) is 0 Å². The molecule has 1 atom stereocenters. The number of carbonyl (C=O) groups excluding carboxylic acids is 1. The van der Waals surface area contributed by atoms with Crippen molar-refractivity contribution in [2.45, 2.75) is 13.0 Å². The monoisotopic (exact) mass is 450 g/mol.